The molecule has 1 aliphatic heterocycles. The Morgan fingerprint density at radius 2 is 2.28 bits per heavy atom. The van der Waals surface area contributed by atoms with Gasteiger partial charge >= 0.3 is 0 Å². The summed E-state index contributed by atoms with van der Waals surface area (Å²) in [6.45, 7) is 6.48. The zero-order valence-electron chi connectivity index (χ0n) is 14.7. The molecule has 1 fully saturated rings. The molecule has 3 aromatic heterocycles. The van der Waals surface area contributed by atoms with Gasteiger partial charge in [0.05, 0.1) is 27.3 Å². The van der Waals surface area contributed by atoms with Crippen LogP contribution < -0.4 is 11.1 Å². The van der Waals surface area contributed by atoms with E-state index in [1.54, 1.807) is 15.9 Å². The smallest absolute Gasteiger partial charge is 0.166 e. The highest BCUT2D eigenvalue weighted by Gasteiger charge is 2.20. The molecule has 0 spiro atoms. The second-order valence-corrected chi connectivity index (χ2v) is 8.27. The maximum atomic E-state index is 6.25. The number of anilines is 1. The standard InChI is InChI=1S/C18H24N6S/c1-11(2)6-17-21-10-15(25-17)13-9-22-24-16(19)7-14(23-18(13)24)12-4-3-5-20-8-12/h7,9-12,20H,3-6,8,19H2,1-2H3. The Labute approximate surface area is 151 Å². The lowest BCUT2D eigenvalue weighted by Gasteiger charge is -2.22. The first kappa shape index (κ1) is 16.5. The number of thiazole rings is 1. The van der Waals surface area contributed by atoms with E-state index < -0.39 is 0 Å². The molecule has 0 aliphatic carbocycles. The molecule has 4 rings (SSSR count). The second kappa shape index (κ2) is 6.72. The van der Waals surface area contributed by atoms with Gasteiger partial charge in [-0.3, -0.25) is 0 Å². The van der Waals surface area contributed by atoms with E-state index in [4.69, 9.17) is 10.7 Å². The lowest BCUT2D eigenvalue weighted by atomic mass is 9.96. The highest BCUT2D eigenvalue weighted by Crippen LogP contribution is 2.32. The van der Waals surface area contributed by atoms with Crippen LogP contribution in [0.1, 0.15) is 43.3 Å². The van der Waals surface area contributed by atoms with E-state index in [1.807, 2.05) is 18.5 Å². The third-order valence-corrected chi connectivity index (χ3v) is 5.69. The van der Waals surface area contributed by atoms with E-state index in [-0.39, 0.29) is 0 Å². The molecule has 132 valence electrons. The number of rotatable bonds is 4. The van der Waals surface area contributed by atoms with Gasteiger partial charge in [0.15, 0.2) is 5.65 Å². The van der Waals surface area contributed by atoms with Crippen LogP contribution >= 0.6 is 11.3 Å². The molecule has 7 heteroatoms. The first-order chi connectivity index (χ1) is 12.1. The predicted octanol–water partition coefficient (Wildman–Crippen LogP) is 3.10. The molecule has 4 heterocycles. The van der Waals surface area contributed by atoms with Crippen molar-refractivity contribution >= 4 is 22.8 Å². The van der Waals surface area contributed by atoms with Crippen LogP contribution in [-0.4, -0.2) is 32.7 Å². The van der Waals surface area contributed by atoms with E-state index in [2.05, 4.69) is 29.2 Å². The second-order valence-electron chi connectivity index (χ2n) is 7.16. The lowest BCUT2D eigenvalue weighted by Crippen LogP contribution is -2.29. The van der Waals surface area contributed by atoms with Gasteiger partial charge in [0.2, 0.25) is 0 Å². The van der Waals surface area contributed by atoms with Crippen LogP contribution in [0.5, 0.6) is 0 Å². The molecule has 1 aliphatic rings. The Hall–Kier alpha value is -1.99. The van der Waals surface area contributed by atoms with Gasteiger partial charge in [-0.1, -0.05) is 13.8 Å². The van der Waals surface area contributed by atoms with Crippen LogP contribution in [-0.2, 0) is 6.42 Å². The van der Waals surface area contributed by atoms with Crippen LogP contribution in [0.4, 0.5) is 5.82 Å². The minimum Gasteiger partial charge on any atom is -0.384 e. The molecular formula is C18H24N6S. The van der Waals surface area contributed by atoms with Gasteiger partial charge in [-0.2, -0.15) is 9.61 Å². The molecule has 0 aromatic carbocycles. The summed E-state index contributed by atoms with van der Waals surface area (Å²) in [6, 6.07) is 1.97. The summed E-state index contributed by atoms with van der Waals surface area (Å²) in [7, 11) is 0. The number of nitrogen functional groups attached to an aromatic ring is 1. The fourth-order valence-electron chi connectivity index (χ4n) is 3.37. The molecular weight excluding hydrogens is 332 g/mol. The molecule has 0 bridgehead atoms. The van der Waals surface area contributed by atoms with Crippen molar-refractivity contribution in [2.75, 3.05) is 18.8 Å². The van der Waals surface area contributed by atoms with Crippen LogP contribution in [0.2, 0.25) is 0 Å². The van der Waals surface area contributed by atoms with Crippen LogP contribution in [0.25, 0.3) is 16.1 Å². The van der Waals surface area contributed by atoms with Gasteiger partial charge in [0, 0.05) is 31.1 Å². The van der Waals surface area contributed by atoms with Gasteiger partial charge in [0.1, 0.15) is 5.82 Å². The summed E-state index contributed by atoms with van der Waals surface area (Å²) < 4.78 is 1.73. The number of nitrogens with zero attached hydrogens (tertiary/aromatic N) is 4. The van der Waals surface area contributed by atoms with Crippen LogP contribution in [0.3, 0.4) is 0 Å². The summed E-state index contributed by atoms with van der Waals surface area (Å²) in [4.78, 5) is 10.6. The first-order valence-electron chi connectivity index (χ1n) is 8.91. The Balaban J connectivity index is 1.74. The first-order valence-corrected chi connectivity index (χ1v) is 9.73. The molecule has 6 nitrogen and oxygen atoms in total. The molecule has 0 amide bonds. The number of piperidine rings is 1. The Bertz CT molecular complexity index is 875. The highest BCUT2D eigenvalue weighted by atomic mass is 32.1. The molecule has 3 aromatic rings. The normalized spacial score (nSPS) is 18.3. The number of hydrogen-bond donors (Lipinski definition) is 2. The maximum absolute atomic E-state index is 6.25. The average molecular weight is 356 g/mol. The number of fused-ring (bicyclic) bond motifs is 1. The van der Waals surface area contributed by atoms with Crippen molar-refractivity contribution in [2.24, 2.45) is 5.92 Å². The van der Waals surface area contributed by atoms with E-state index in [0.29, 0.717) is 17.7 Å². The number of hydrogen-bond acceptors (Lipinski definition) is 6. The molecule has 3 N–H and O–H groups in total. The molecule has 0 radical (unpaired) electrons. The lowest BCUT2D eigenvalue weighted by molar-refractivity contribution is 0.455. The predicted molar refractivity (Wildman–Crippen MR) is 102 cm³/mol. The zero-order valence-corrected chi connectivity index (χ0v) is 15.5. The van der Waals surface area contributed by atoms with Crippen molar-refractivity contribution in [3.8, 4) is 10.4 Å². The number of nitrogens with two attached hydrogens (primary N) is 1. The third-order valence-electron chi connectivity index (χ3n) is 4.64. The summed E-state index contributed by atoms with van der Waals surface area (Å²) in [5.41, 5.74) is 9.17. The van der Waals surface area contributed by atoms with Gasteiger partial charge in [-0.25, -0.2) is 9.97 Å². The number of aromatic nitrogens is 4. The van der Waals surface area contributed by atoms with E-state index in [0.717, 1.165) is 52.7 Å². The molecule has 1 atom stereocenters. The molecule has 1 saturated heterocycles. The summed E-state index contributed by atoms with van der Waals surface area (Å²) >= 11 is 1.72. The van der Waals surface area contributed by atoms with Crippen molar-refractivity contribution in [3.63, 3.8) is 0 Å². The molecule has 1 unspecified atom stereocenters. The monoisotopic (exact) mass is 356 g/mol. The minimum atomic E-state index is 0.418. The summed E-state index contributed by atoms with van der Waals surface area (Å²) in [5.74, 6) is 1.66. The third kappa shape index (κ3) is 3.26. The van der Waals surface area contributed by atoms with Crippen LogP contribution in [0, 0.1) is 5.92 Å². The topological polar surface area (TPSA) is 81.1 Å². The van der Waals surface area contributed by atoms with Crippen molar-refractivity contribution in [1.82, 2.24) is 24.9 Å². The SMILES string of the molecule is CC(C)Cc1ncc(-c2cnn3c(N)cc(C4CCCNC4)nc23)s1. The highest BCUT2D eigenvalue weighted by molar-refractivity contribution is 7.15. The van der Waals surface area contributed by atoms with E-state index >= 15 is 0 Å². The summed E-state index contributed by atoms with van der Waals surface area (Å²) in [5, 5.41) is 9.05. The van der Waals surface area contributed by atoms with Gasteiger partial charge in [-0.05, 0) is 25.3 Å². The largest absolute Gasteiger partial charge is 0.384 e. The minimum absolute atomic E-state index is 0.418. The number of nitrogens with one attached hydrogen (secondary N) is 1. The van der Waals surface area contributed by atoms with Crippen molar-refractivity contribution < 1.29 is 0 Å². The van der Waals surface area contributed by atoms with Gasteiger partial charge in [-0.15, -0.1) is 11.3 Å². The van der Waals surface area contributed by atoms with Crippen molar-refractivity contribution in [1.29, 1.82) is 0 Å². The van der Waals surface area contributed by atoms with Gasteiger partial charge < -0.3 is 11.1 Å². The fourth-order valence-corrected chi connectivity index (χ4v) is 4.51. The van der Waals surface area contributed by atoms with E-state index in [1.165, 1.54) is 6.42 Å². The maximum Gasteiger partial charge on any atom is 0.166 e. The summed E-state index contributed by atoms with van der Waals surface area (Å²) in [6.07, 6.45) is 7.12. The molecule has 0 saturated carbocycles. The Morgan fingerprint density at radius 1 is 1.40 bits per heavy atom. The van der Waals surface area contributed by atoms with Crippen molar-refractivity contribution in [2.45, 2.75) is 39.0 Å². The molecule has 25 heavy (non-hydrogen) atoms. The van der Waals surface area contributed by atoms with E-state index in [9.17, 15) is 0 Å². The van der Waals surface area contributed by atoms with Crippen molar-refractivity contribution in [3.05, 3.63) is 29.2 Å². The fraction of sp³-hybridized carbons (Fsp3) is 0.500. The van der Waals surface area contributed by atoms with Gasteiger partial charge in [0.25, 0.3) is 0 Å². The quantitative estimate of drug-likeness (QED) is 0.751. The average Bonchev–Trinajstić information content (AvgIpc) is 3.22. The Kier molecular flexibility index (Phi) is 4.43. The Morgan fingerprint density at radius 3 is 3.04 bits per heavy atom. The van der Waals surface area contributed by atoms with Crippen LogP contribution in [0.15, 0.2) is 18.5 Å². The zero-order chi connectivity index (χ0) is 17.4.